The van der Waals surface area contributed by atoms with Crippen molar-refractivity contribution < 1.29 is 19.9 Å². The largest absolute Gasteiger partial charge is 0.489 e. The van der Waals surface area contributed by atoms with Gasteiger partial charge in [-0.3, -0.25) is 0 Å². The zero-order valence-corrected chi connectivity index (χ0v) is 8.29. The lowest BCUT2D eigenvalue weighted by Crippen LogP contribution is -2.30. The first-order valence-corrected chi connectivity index (χ1v) is 4.71. The smallest absolute Gasteiger partial charge is 0.478 e. The number of rotatable bonds is 2. The first-order chi connectivity index (χ1) is 7.59. The molecule has 0 aliphatic carbocycles. The van der Waals surface area contributed by atoms with Crippen LogP contribution in [0, 0.1) is 0 Å². The number of fused-ring (bicyclic) bond motifs is 1. The van der Waals surface area contributed by atoms with Crippen LogP contribution >= 0.6 is 0 Å². The molecule has 0 aromatic heterocycles. The van der Waals surface area contributed by atoms with Crippen LogP contribution in [0.1, 0.15) is 10.4 Å². The van der Waals surface area contributed by atoms with Crippen molar-refractivity contribution in [3.63, 3.8) is 0 Å². The maximum Gasteiger partial charge on any atom is 0.489 e. The van der Waals surface area contributed by atoms with E-state index in [0.29, 0.717) is 16.2 Å². The number of aromatic carboxylic acids is 1. The van der Waals surface area contributed by atoms with Gasteiger partial charge in [0, 0.05) is 0 Å². The van der Waals surface area contributed by atoms with Gasteiger partial charge in [-0.1, -0.05) is 24.3 Å². The second kappa shape index (κ2) is 3.96. The second-order valence-electron chi connectivity index (χ2n) is 3.46. The maximum absolute atomic E-state index is 10.8. The van der Waals surface area contributed by atoms with Crippen molar-refractivity contribution in [2.24, 2.45) is 0 Å². The van der Waals surface area contributed by atoms with Crippen LogP contribution in [0.15, 0.2) is 36.4 Å². The molecule has 80 valence electrons. The summed E-state index contributed by atoms with van der Waals surface area (Å²) in [7, 11) is -1.56. The van der Waals surface area contributed by atoms with Gasteiger partial charge in [-0.2, -0.15) is 0 Å². The highest BCUT2D eigenvalue weighted by Crippen LogP contribution is 2.14. The highest BCUT2D eigenvalue weighted by Gasteiger charge is 2.14. The quantitative estimate of drug-likeness (QED) is 0.627. The fraction of sp³-hybridized carbons (Fsp3) is 0. The lowest BCUT2D eigenvalue weighted by molar-refractivity contribution is 0.0697. The summed E-state index contributed by atoms with van der Waals surface area (Å²) >= 11 is 0. The fourth-order valence-electron chi connectivity index (χ4n) is 1.67. The van der Waals surface area contributed by atoms with Gasteiger partial charge in [0.15, 0.2) is 0 Å². The zero-order valence-electron chi connectivity index (χ0n) is 8.29. The number of benzene rings is 2. The Kier molecular flexibility index (Phi) is 2.64. The molecule has 0 unspecified atom stereocenters. The van der Waals surface area contributed by atoms with Gasteiger partial charge in [0.05, 0.1) is 5.56 Å². The Morgan fingerprint density at radius 3 is 2.50 bits per heavy atom. The van der Waals surface area contributed by atoms with E-state index in [0.717, 1.165) is 0 Å². The molecule has 5 heteroatoms. The minimum atomic E-state index is -1.56. The second-order valence-corrected chi connectivity index (χ2v) is 3.46. The summed E-state index contributed by atoms with van der Waals surface area (Å²) in [4.78, 5) is 10.8. The monoisotopic (exact) mass is 216 g/mol. The summed E-state index contributed by atoms with van der Waals surface area (Å²) in [6.45, 7) is 0. The van der Waals surface area contributed by atoms with Crippen molar-refractivity contribution in [1.29, 1.82) is 0 Å². The minimum absolute atomic E-state index is 0.178. The van der Waals surface area contributed by atoms with Gasteiger partial charge in [0.2, 0.25) is 0 Å². The van der Waals surface area contributed by atoms with E-state index in [1.807, 2.05) is 0 Å². The molecule has 0 fully saturated rings. The fourth-order valence-corrected chi connectivity index (χ4v) is 1.67. The van der Waals surface area contributed by atoms with E-state index in [1.54, 1.807) is 24.3 Å². The number of carboxylic acids is 1. The molecule has 0 aliphatic rings. The van der Waals surface area contributed by atoms with Crippen molar-refractivity contribution in [2.45, 2.75) is 0 Å². The van der Waals surface area contributed by atoms with E-state index in [2.05, 4.69) is 0 Å². The van der Waals surface area contributed by atoms with Crippen LogP contribution in [0.5, 0.6) is 0 Å². The summed E-state index contributed by atoms with van der Waals surface area (Å²) in [5, 5.41) is 28.4. The summed E-state index contributed by atoms with van der Waals surface area (Å²) in [6.07, 6.45) is 0. The maximum atomic E-state index is 10.8. The van der Waals surface area contributed by atoms with E-state index in [4.69, 9.17) is 15.2 Å². The number of carbonyl (C=O) groups is 1. The molecular weight excluding hydrogens is 207 g/mol. The molecule has 2 aromatic rings. The summed E-state index contributed by atoms with van der Waals surface area (Å²) in [5.41, 5.74) is 0.548. The molecule has 0 aliphatic heterocycles. The number of hydrogen-bond donors (Lipinski definition) is 3. The SMILES string of the molecule is O=C(O)c1ccc2c(B(O)O)cccc2c1. The molecule has 2 rings (SSSR count). The molecule has 3 N–H and O–H groups in total. The van der Waals surface area contributed by atoms with Gasteiger partial charge in [-0.05, 0) is 28.4 Å². The van der Waals surface area contributed by atoms with Crippen LogP contribution in [0.3, 0.4) is 0 Å². The molecule has 0 amide bonds. The molecule has 0 bridgehead atoms. The van der Waals surface area contributed by atoms with E-state index in [1.165, 1.54) is 12.1 Å². The number of carboxylic acid groups (broad SMARTS) is 1. The van der Waals surface area contributed by atoms with Crippen molar-refractivity contribution >= 4 is 29.3 Å². The highest BCUT2D eigenvalue weighted by atomic mass is 16.4. The molecular formula is C11H9BO4. The predicted octanol–water partition coefficient (Wildman–Crippen LogP) is 0.218. The van der Waals surface area contributed by atoms with Crippen LogP contribution in [-0.4, -0.2) is 28.2 Å². The Hall–Kier alpha value is -1.85. The first-order valence-electron chi connectivity index (χ1n) is 4.71. The standard InChI is InChI=1S/C11H9BO4/c13-11(14)8-4-5-9-7(6-8)2-1-3-10(9)12(15)16/h1-6,15-16H,(H,13,14). The Bertz CT molecular complexity index is 551. The zero-order chi connectivity index (χ0) is 11.7. The Balaban J connectivity index is 2.68. The normalized spacial score (nSPS) is 10.4. The van der Waals surface area contributed by atoms with Crippen LogP contribution < -0.4 is 5.46 Å². The van der Waals surface area contributed by atoms with Crippen molar-refractivity contribution in [3.8, 4) is 0 Å². The van der Waals surface area contributed by atoms with E-state index < -0.39 is 13.1 Å². The van der Waals surface area contributed by atoms with E-state index >= 15 is 0 Å². The molecule has 16 heavy (non-hydrogen) atoms. The Morgan fingerprint density at radius 2 is 1.88 bits per heavy atom. The average Bonchev–Trinajstić information content (AvgIpc) is 2.27. The van der Waals surface area contributed by atoms with Gasteiger partial charge >= 0.3 is 13.1 Å². The lowest BCUT2D eigenvalue weighted by atomic mass is 9.77. The summed E-state index contributed by atoms with van der Waals surface area (Å²) < 4.78 is 0. The molecule has 4 nitrogen and oxygen atoms in total. The van der Waals surface area contributed by atoms with Gasteiger partial charge < -0.3 is 15.2 Å². The predicted molar refractivity (Wildman–Crippen MR) is 60.7 cm³/mol. The summed E-state index contributed by atoms with van der Waals surface area (Å²) in [5.74, 6) is -1.00. The molecule has 0 atom stereocenters. The summed E-state index contributed by atoms with van der Waals surface area (Å²) in [6, 6.07) is 9.50. The lowest BCUT2D eigenvalue weighted by Gasteiger charge is -2.05. The van der Waals surface area contributed by atoms with Crippen molar-refractivity contribution in [3.05, 3.63) is 42.0 Å². The third-order valence-corrected chi connectivity index (χ3v) is 2.44. The van der Waals surface area contributed by atoms with E-state index in [9.17, 15) is 4.79 Å². The van der Waals surface area contributed by atoms with Crippen LogP contribution in [0.2, 0.25) is 0 Å². The minimum Gasteiger partial charge on any atom is -0.478 e. The Labute approximate surface area is 91.9 Å². The topological polar surface area (TPSA) is 77.8 Å². The third-order valence-electron chi connectivity index (χ3n) is 2.44. The molecule has 0 heterocycles. The van der Waals surface area contributed by atoms with Gasteiger partial charge in [-0.15, -0.1) is 0 Å². The van der Waals surface area contributed by atoms with Gasteiger partial charge in [-0.25, -0.2) is 4.79 Å². The van der Waals surface area contributed by atoms with E-state index in [-0.39, 0.29) is 5.56 Å². The van der Waals surface area contributed by atoms with Crippen LogP contribution in [-0.2, 0) is 0 Å². The molecule has 0 spiro atoms. The molecule has 0 saturated carbocycles. The molecule has 0 radical (unpaired) electrons. The molecule has 2 aromatic carbocycles. The van der Waals surface area contributed by atoms with Crippen LogP contribution in [0.4, 0.5) is 0 Å². The first kappa shape index (κ1) is 10.7. The van der Waals surface area contributed by atoms with Crippen molar-refractivity contribution in [1.82, 2.24) is 0 Å². The molecule has 0 saturated heterocycles. The van der Waals surface area contributed by atoms with Crippen LogP contribution in [0.25, 0.3) is 10.8 Å². The number of hydrogen-bond acceptors (Lipinski definition) is 3. The third kappa shape index (κ3) is 1.78. The van der Waals surface area contributed by atoms with Gasteiger partial charge in [0.25, 0.3) is 0 Å². The van der Waals surface area contributed by atoms with Crippen molar-refractivity contribution in [2.75, 3.05) is 0 Å². The highest BCUT2D eigenvalue weighted by molar-refractivity contribution is 6.61. The average molecular weight is 216 g/mol. The Morgan fingerprint density at radius 1 is 1.12 bits per heavy atom. The van der Waals surface area contributed by atoms with Gasteiger partial charge in [0.1, 0.15) is 0 Å².